The SMILES string of the molecule is CC(C)C(C)C(=O)N(C)C(CCO)c1ccccc1. The summed E-state index contributed by atoms with van der Waals surface area (Å²) in [5.74, 6) is 0.452. The van der Waals surface area contributed by atoms with E-state index in [0.717, 1.165) is 5.56 Å². The van der Waals surface area contributed by atoms with Gasteiger partial charge in [-0.3, -0.25) is 4.79 Å². The molecule has 0 bridgehead atoms. The Kier molecular flexibility index (Phi) is 6.03. The van der Waals surface area contributed by atoms with Gasteiger partial charge >= 0.3 is 0 Å². The highest BCUT2D eigenvalue weighted by Crippen LogP contribution is 2.25. The number of rotatable bonds is 6. The molecule has 1 rings (SSSR count). The number of amides is 1. The summed E-state index contributed by atoms with van der Waals surface area (Å²) in [4.78, 5) is 14.2. The van der Waals surface area contributed by atoms with Crippen LogP contribution < -0.4 is 0 Å². The minimum atomic E-state index is -0.0556. The van der Waals surface area contributed by atoms with E-state index in [0.29, 0.717) is 12.3 Å². The van der Waals surface area contributed by atoms with Crippen molar-refractivity contribution in [2.75, 3.05) is 13.7 Å². The van der Waals surface area contributed by atoms with Crippen LogP contribution in [0.4, 0.5) is 0 Å². The second kappa shape index (κ2) is 7.29. The van der Waals surface area contributed by atoms with Crippen molar-refractivity contribution in [1.82, 2.24) is 4.90 Å². The van der Waals surface area contributed by atoms with Crippen LogP contribution >= 0.6 is 0 Å². The Hall–Kier alpha value is -1.35. The van der Waals surface area contributed by atoms with Gasteiger partial charge in [0, 0.05) is 19.6 Å². The molecule has 0 heterocycles. The van der Waals surface area contributed by atoms with E-state index in [4.69, 9.17) is 0 Å². The molecule has 2 atom stereocenters. The van der Waals surface area contributed by atoms with E-state index in [2.05, 4.69) is 13.8 Å². The highest BCUT2D eigenvalue weighted by Gasteiger charge is 2.26. The van der Waals surface area contributed by atoms with Crippen LogP contribution in [-0.2, 0) is 4.79 Å². The van der Waals surface area contributed by atoms with Crippen LogP contribution in [-0.4, -0.2) is 29.6 Å². The second-order valence-corrected chi connectivity index (χ2v) is 5.42. The normalized spacial score (nSPS) is 14.2. The van der Waals surface area contributed by atoms with Gasteiger partial charge in [0.1, 0.15) is 0 Å². The lowest BCUT2D eigenvalue weighted by atomic mass is 9.94. The van der Waals surface area contributed by atoms with Gasteiger partial charge in [-0.1, -0.05) is 51.1 Å². The molecule has 3 heteroatoms. The molecule has 1 N–H and O–H groups in total. The van der Waals surface area contributed by atoms with Crippen molar-refractivity contribution in [1.29, 1.82) is 0 Å². The third-order valence-electron chi connectivity index (χ3n) is 3.79. The molecule has 2 unspecified atom stereocenters. The van der Waals surface area contributed by atoms with Crippen molar-refractivity contribution in [2.24, 2.45) is 11.8 Å². The molecule has 0 aromatic heterocycles. The third kappa shape index (κ3) is 4.06. The summed E-state index contributed by atoms with van der Waals surface area (Å²) in [6.45, 7) is 6.15. The van der Waals surface area contributed by atoms with E-state index in [1.54, 1.807) is 4.90 Å². The van der Waals surface area contributed by atoms with Gasteiger partial charge in [0.15, 0.2) is 0 Å². The van der Waals surface area contributed by atoms with E-state index in [-0.39, 0.29) is 24.5 Å². The fraction of sp³-hybridized carbons (Fsp3) is 0.562. The molecule has 1 aromatic carbocycles. The number of nitrogens with zero attached hydrogens (tertiary/aromatic N) is 1. The molecule has 19 heavy (non-hydrogen) atoms. The van der Waals surface area contributed by atoms with Crippen LogP contribution in [0.1, 0.15) is 38.8 Å². The lowest BCUT2D eigenvalue weighted by molar-refractivity contribution is -0.137. The number of hydrogen-bond acceptors (Lipinski definition) is 2. The molecule has 0 aliphatic heterocycles. The van der Waals surface area contributed by atoms with Gasteiger partial charge in [-0.15, -0.1) is 0 Å². The quantitative estimate of drug-likeness (QED) is 0.857. The predicted octanol–water partition coefficient (Wildman–Crippen LogP) is 2.86. The number of hydrogen-bond donors (Lipinski definition) is 1. The number of benzene rings is 1. The Morgan fingerprint density at radius 1 is 1.21 bits per heavy atom. The molecule has 0 saturated heterocycles. The van der Waals surface area contributed by atoms with Crippen molar-refractivity contribution >= 4 is 5.91 Å². The number of aliphatic hydroxyl groups excluding tert-OH is 1. The Morgan fingerprint density at radius 3 is 2.26 bits per heavy atom. The van der Waals surface area contributed by atoms with Crippen molar-refractivity contribution in [2.45, 2.75) is 33.2 Å². The van der Waals surface area contributed by atoms with Crippen LogP contribution in [0.2, 0.25) is 0 Å². The Morgan fingerprint density at radius 2 is 1.79 bits per heavy atom. The zero-order valence-electron chi connectivity index (χ0n) is 12.3. The summed E-state index contributed by atoms with van der Waals surface area (Å²) in [5, 5.41) is 9.24. The molecule has 0 fully saturated rings. The van der Waals surface area contributed by atoms with E-state index < -0.39 is 0 Å². The molecular weight excluding hydrogens is 238 g/mol. The summed E-state index contributed by atoms with van der Waals surface area (Å²) in [7, 11) is 1.83. The molecule has 0 aliphatic rings. The topological polar surface area (TPSA) is 40.5 Å². The van der Waals surface area contributed by atoms with Crippen LogP contribution in [0.3, 0.4) is 0 Å². The molecule has 0 radical (unpaired) electrons. The van der Waals surface area contributed by atoms with E-state index in [1.165, 1.54) is 0 Å². The molecule has 1 aromatic rings. The Bertz CT molecular complexity index is 389. The zero-order chi connectivity index (χ0) is 14.4. The standard InChI is InChI=1S/C16H25NO2/c1-12(2)13(3)16(19)17(4)15(10-11-18)14-8-6-5-7-9-14/h5-9,12-13,15,18H,10-11H2,1-4H3. The summed E-state index contributed by atoms with van der Waals surface area (Å²) >= 11 is 0. The van der Waals surface area contributed by atoms with Crippen LogP contribution in [0, 0.1) is 11.8 Å². The van der Waals surface area contributed by atoms with Gasteiger partial charge in [-0.05, 0) is 17.9 Å². The van der Waals surface area contributed by atoms with Gasteiger partial charge < -0.3 is 10.0 Å². The van der Waals surface area contributed by atoms with Crippen LogP contribution in [0.15, 0.2) is 30.3 Å². The highest BCUT2D eigenvalue weighted by atomic mass is 16.3. The molecular formula is C16H25NO2. The van der Waals surface area contributed by atoms with E-state index in [1.807, 2.05) is 44.3 Å². The number of aliphatic hydroxyl groups is 1. The fourth-order valence-electron chi connectivity index (χ4n) is 2.14. The molecule has 0 aliphatic carbocycles. The maximum Gasteiger partial charge on any atom is 0.225 e. The molecule has 3 nitrogen and oxygen atoms in total. The third-order valence-corrected chi connectivity index (χ3v) is 3.79. The summed E-state index contributed by atoms with van der Waals surface area (Å²) < 4.78 is 0. The first-order valence-electron chi connectivity index (χ1n) is 6.91. The van der Waals surface area contributed by atoms with Crippen molar-refractivity contribution < 1.29 is 9.90 Å². The number of carbonyl (C=O) groups excluding carboxylic acids is 1. The first kappa shape index (κ1) is 15.7. The summed E-state index contributed by atoms with van der Waals surface area (Å²) in [6, 6.07) is 9.83. The van der Waals surface area contributed by atoms with Gasteiger partial charge in [0.05, 0.1) is 6.04 Å². The molecule has 106 valence electrons. The highest BCUT2D eigenvalue weighted by molar-refractivity contribution is 5.79. The van der Waals surface area contributed by atoms with Gasteiger partial charge in [-0.25, -0.2) is 0 Å². The van der Waals surface area contributed by atoms with Crippen molar-refractivity contribution in [3.05, 3.63) is 35.9 Å². The van der Waals surface area contributed by atoms with Crippen LogP contribution in [0.5, 0.6) is 0 Å². The van der Waals surface area contributed by atoms with Crippen molar-refractivity contribution in [3.63, 3.8) is 0 Å². The Labute approximate surface area is 116 Å². The van der Waals surface area contributed by atoms with E-state index in [9.17, 15) is 9.90 Å². The average Bonchev–Trinajstić information content (AvgIpc) is 2.43. The Balaban J connectivity index is 2.90. The van der Waals surface area contributed by atoms with Gasteiger partial charge in [0.25, 0.3) is 0 Å². The minimum Gasteiger partial charge on any atom is -0.396 e. The first-order valence-corrected chi connectivity index (χ1v) is 6.91. The van der Waals surface area contributed by atoms with Gasteiger partial charge in [0.2, 0.25) is 5.91 Å². The largest absolute Gasteiger partial charge is 0.396 e. The lowest BCUT2D eigenvalue weighted by Gasteiger charge is -2.31. The first-order chi connectivity index (χ1) is 8.99. The summed E-state index contributed by atoms with van der Waals surface area (Å²) in [6.07, 6.45) is 0.567. The van der Waals surface area contributed by atoms with Crippen LogP contribution in [0.25, 0.3) is 0 Å². The second-order valence-electron chi connectivity index (χ2n) is 5.42. The molecule has 0 saturated carbocycles. The monoisotopic (exact) mass is 263 g/mol. The minimum absolute atomic E-state index is 0.00472. The molecule has 0 spiro atoms. The maximum atomic E-state index is 12.4. The number of carbonyl (C=O) groups is 1. The van der Waals surface area contributed by atoms with Crippen molar-refractivity contribution in [3.8, 4) is 0 Å². The lowest BCUT2D eigenvalue weighted by Crippen LogP contribution is -2.37. The van der Waals surface area contributed by atoms with Gasteiger partial charge in [-0.2, -0.15) is 0 Å². The van der Waals surface area contributed by atoms with E-state index >= 15 is 0 Å². The average molecular weight is 263 g/mol. The smallest absolute Gasteiger partial charge is 0.225 e. The zero-order valence-corrected chi connectivity index (χ0v) is 12.3. The summed E-state index contributed by atoms with van der Waals surface area (Å²) in [5.41, 5.74) is 1.07. The fourth-order valence-corrected chi connectivity index (χ4v) is 2.14. The molecule has 1 amide bonds. The maximum absolute atomic E-state index is 12.4. The predicted molar refractivity (Wildman–Crippen MR) is 77.7 cm³/mol.